The highest BCUT2D eigenvalue weighted by Crippen LogP contribution is 2.55. The summed E-state index contributed by atoms with van der Waals surface area (Å²) in [6.07, 6.45) is 9.87. The predicted octanol–water partition coefficient (Wildman–Crippen LogP) is 1.93. The molecule has 4 atom stereocenters. The molecule has 4 rings (SSSR count). The molecular weight excluding hydrogens is 392 g/mol. The lowest BCUT2D eigenvalue weighted by Gasteiger charge is -2.29. The number of amides is 1. The number of carbonyl (C=O) groups is 1. The van der Waals surface area contributed by atoms with Crippen LogP contribution in [0.3, 0.4) is 0 Å². The van der Waals surface area contributed by atoms with Crippen molar-refractivity contribution in [3.63, 3.8) is 0 Å². The number of carbonyl (C=O) groups excluding carboxylic acids is 1. The maximum Gasteiger partial charge on any atom is 0.298 e. The number of nitrogens with zero attached hydrogens (tertiary/aromatic N) is 4. The second kappa shape index (κ2) is 9.65. The lowest BCUT2D eigenvalue weighted by atomic mass is 9.94. The van der Waals surface area contributed by atoms with Crippen molar-refractivity contribution in [2.24, 2.45) is 28.5 Å². The number of hydrogen-bond donors (Lipinski definition) is 2. The van der Waals surface area contributed by atoms with Crippen LogP contribution in [-0.2, 0) is 4.79 Å². The van der Waals surface area contributed by atoms with Gasteiger partial charge in [0.15, 0.2) is 0 Å². The molecule has 0 aromatic carbocycles. The van der Waals surface area contributed by atoms with E-state index in [4.69, 9.17) is 5.73 Å². The van der Waals surface area contributed by atoms with Crippen LogP contribution in [0.4, 0.5) is 0 Å². The number of aliphatic imine (C=N–C) groups is 1. The number of hydrogen-bond acceptors (Lipinski definition) is 5. The molecule has 3 N–H and O–H groups in total. The molecule has 2 aliphatic carbocycles. The maximum absolute atomic E-state index is 11.7. The molecule has 0 aliphatic heterocycles. The van der Waals surface area contributed by atoms with Gasteiger partial charge in [0.05, 0.1) is 18.1 Å². The number of aromatic amines is 1. The zero-order valence-corrected chi connectivity index (χ0v) is 18.5. The highest BCUT2D eigenvalue weighted by atomic mass is 16.2. The van der Waals surface area contributed by atoms with Crippen LogP contribution >= 0.6 is 0 Å². The first kappa shape index (κ1) is 22.3. The van der Waals surface area contributed by atoms with E-state index in [1.165, 1.54) is 30.0 Å². The summed E-state index contributed by atoms with van der Waals surface area (Å²) in [7, 11) is 3.53. The minimum Gasteiger partial charge on any atom is -0.404 e. The van der Waals surface area contributed by atoms with Gasteiger partial charge in [-0.15, -0.1) is 0 Å². The summed E-state index contributed by atoms with van der Waals surface area (Å²) in [6, 6.07) is 2.08. The number of H-pyrrole nitrogens is 1. The lowest BCUT2D eigenvalue weighted by Crippen LogP contribution is -2.38. The van der Waals surface area contributed by atoms with E-state index in [1.54, 1.807) is 38.6 Å². The average molecular weight is 423 g/mol. The summed E-state index contributed by atoms with van der Waals surface area (Å²) in [4.78, 5) is 31.7. The quantitative estimate of drug-likeness (QED) is 0.582. The zero-order valence-electron chi connectivity index (χ0n) is 18.5. The first-order chi connectivity index (χ1) is 14.9. The van der Waals surface area contributed by atoms with Gasteiger partial charge in [-0.2, -0.15) is 5.10 Å². The summed E-state index contributed by atoms with van der Waals surface area (Å²) >= 11 is 0. The van der Waals surface area contributed by atoms with E-state index in [2.05, 4.69) is 33.8 Å². The Balaban J connectivity index is 0.000000176. The number of nitrogens with two attached hydrogens (primary N) is 1. The Morgan fingerprint density at radius 3 is 2.84 bits per heavy atom. The average Bonchev–Trinajstić information content (AvgIpc) is 3.17. The fourth-order valence-electron chi connectivity index (χ4n) is 4.46. The van der Waals surface area contributed by atoms with Gasteiger partial charge < -0.3 is 15.6 Å². The van der Waals surface area contributed by atoms with Crippen molar-refractivity contribution < 1.29 is 4.79 Å². The number of allylic oxidation sites excluding steroid dienone is 1. The second-order valence-electron chi connectivity index (χ2n) is 8.11. The summed E-state index contributed by atoms with van der Waals surface area (Å²) < 4.78 is 1.50. The minimum absolute atomic E-state index is 0.0192. The Hall–Kier alpha value is -3.34. The van der Waals surface area contributed by atoms with E-state index in [0.29, 0.717) is 22.8 Å². The number of fused-ring (bicyclic) bond motifs is 2. The first-order valence-electron chi connectivity index (χ1n) is 10.5. The fourth-order valence-corrected chi connectivity index (χ4v) is 4.46. The molecule has 0 saturated heterocycles. The van der Waals surface area contributed by atoms with E-state index in [1.807, 2.05) is 11.9 Å². The van der Waals surface area contributed by atoms with Crippen molar-refractivity contribution >= 4 is 23.2 Å². The molecule has 8 heteroatoms. The Morgan fingerprint density at radius 1 is 1.42 bits per heavy atom. The third-order valence-electron chi connectivity index (χ3n) is 6.40. The molecule has 31 heavy (non-hydrogen) atoms. The molecule has 0 spiro atoms. The van der Waals surface area contributed by atoms with Gasteiger partial charge in [-0.25, -0.2) is 4.52 Å². The molecule has 0 radical (unpaired) electrons. The Morgan fingerprint density at radius 2 is 2.19 bits per heavy atom. The van der Waals surface area contributed by atoms with E-state index < -0.39 is 0 Å². The third-order valence-corrected chi connectivity index (χ3v) is 6.40. The third kappa shape index (κ3) is 4.88. The van der Waals surface area contributed by atoms with Gasteiger partial charge in [0.2, 0.25) is 0 Å². The van der Waals surface area contributed by atoms with E-state index in [9.17, 15) is 9.59 Å². The topological polar surface area (TPSA) is 109 Å². The van der Waals surface area contributed by atoms with Crippen LogP contribution in [0.5, 0.6) is 0 Å². The minimum atomic E-state index is -0.209. The summed E-state index contributed by atoms with van der Waals surface area (Å²) in [5, 5.41) is 4.00. The second-order valence-corrected chi connectivity index (χ2v) is 8.11. The molecular formula is C23H30N6O2. The van der Waals surface area contributed by atoms with E-state index >= 15 is 0 Å². The van der Waals surface area contributed by atoms with Crippen molar-refractivity contribution in [2.75, 3.05) is 14.1 Å². The molecule has 2 aliphatic rings. The fraction of sp³-hybridized carbons (Fsp3) is 0.478. The highest BCUT2D eigenvalue weighted by molar-refractivity contribution is 6.08. The maximum atomic E-state index is 11.7. The summed E-state index contributed by atoms with van der Waals surface area (Å²) in [5.41, 5.74) is 6.95. The van der Waals surface area contributed by atoms with Gasteiger partial charge >= 0.3 is 0 Å². The summed E-state index contributed by atoms with van der Waals surface area (Å²) in [6.45, 7) is 4.05. The van der Waals surface area contributed by atoms with Crippen molar-refractivity contribution in [3.8, 4) is 11.8 Å². The Bertz CT molecular complexity index is 1120. The molecule has 2 heterocycles. The molecule has 2 aromatic rings. The van der Waals surface area contributed by atoms with Crippen molar-refractivity contribution in [1.29, 1.82) is 0 Å². The van der Waals surface area contributed by atoms with Crippen LogP contribution in [0.25, 0.3) is 11.1 Å². The van der Waals surface area contributed by atoms with Gasteiger partial charge in [0, 0.05) is 38.1 Å². The molecule has 1 amide bonds. The van der Waals surface area contributed by atoms with Crippen molar-refractivity contribution in [1.82, 2.24) is 19.5 Å². The van der Waals surface area contributed by atoms with Crippen LogP contribution in [0, 0.1) is 29.6 Å². The van der Waals surface area contributed by atoms with Gasteiger partial charge in [-0.1, -0.05) is 12.8 Å². The first-order valence-corrected chi connectivity index (χ1v) is 10.5. The number of aromatic nitrogens is 3. The van der Waals surface area contributed by atoms with Crippen LogP contribution < -0.4 is 11.3 Å². The molecule has 2 saturated carbocycles. The molecule has 164 valence electrons. The van der Waals surface area contributed by atoms with Crippen molar-refractivity contribution in [2.45, 2.75) is 39.2 Å². The van der Waals surface area contributed by atoms with Gasteiger partial charge in [-0.3, -0.25) is 14.6 Å². The van der Waals surface area contributed by atoms with Gasteiger partial charge in [0.1, 0.15) is 5.52 Å². The standard InChI is InChI=1S/C13H19NO.C10H11N5O/c1-4-5-13(15)14(3)10-6-7-11-9(2)12(11)8-10;1-12-5-7(4-11)8-6-15-9(2-3-13-15)10(16)14-8/h9-12H,6-8H2,1-3H3;2-6H,11H2,1H3,(H,14,16)/b;7-4+,12-5?/t9?,10-,11?,12?;/m1./s1. The predicted molar refractivity (Wildman–Crippen MR) is 122 cm³/mol. The van der Waals surface area contributed by atoms with Crippen LogP contribution in [-0.4, -0.2) is 51.8 Å². The Labute approximate surface area is 182 Å². The monoisotopic (exact) mass is 422 g/mol. The van der Waals surface area contributed by atoms with E-state index in [-0.39, 0.29) is 11.5 Å². The lowest BCUT2D eigenvalue weighted by molar-refractivity contribution is -0.126. The van der Waals surface area contributed by atoms with Gasteiger partial charge in [-0.05, 0) is 55.9 Å². The van der Waals surface area contributed by atoms with Crippen LogP contribution in [0.2, 0.25) is 0 Å². The molecule has 3 unspecified atom stereocenters. The highest BCUT2D eigenvalue weighted by Gasteiger charge is 2.50. The Kier molecular flexibility index (Phi) is 6.95. The van der Waals surface area contributed by atoms with E-state index in [0.717, 1.165) is 17.8 Å². The zero-order chi connectivity index (χ0) is 22.5. The van der Waals surface area contributed by atoms with Crippen LogP contribution in [0.15, 0.2) is 34.4 Å². The molecule has 2 aromatic heterocycles. The summed E-state index contributed by atoms with van der Waals surface area (Å²) in [5.74, 6) is 8.02. The van der Waals surface area contributed by atoms with Crippen LogP contribution in [0.1, 0.15) is 38.8 Å². The number of rotatable bonds is 3. The molecule has 2 fully saturated rings. The SMILES string of the molecule is CC#CC(=O)N(C)[C@@H]1CCC2C(C)C2C1.CN=C/C(=C\N)c1cn2nccc2c(=O)[nH]1. The molecule has 0 bridgehead atoms. The largest absolute Gasteiger partial charge is 0.404 e. The number of nitrogens with one attached hydrogen (secondary N) is 1. The molecule has 8 nitrogen and oxygen atoms in total. The normalized spacial score (nSPS) is 24.6. The van der Waals surface area contributed by atoms with Crippen molar-refractivity contribution in [3.05, 3.63) is 40.7 Å². The smallest absolute Gasteiger partial charge is 0.298 e. The van der Waals surface area contributed by atoms with Gasteiger partial charge in [0.25, 0.3) is 11.5 Å².